The Morgan fingerprint density at radius 3 is 2.47 bits per heavy atom. The van der Waals surface area contributed by atoms with Crippen LogP contribution < -0.4 is 0 Å². The van der Waals surface area contributed by atoms with Gasteiger partial charge in [-0.3, -0.25) is 0 Å². The van der Waals surface area contributed by atoms with E-state index in [9.17, 15) is 9.50 Å². The number of rotatable bonds is 1. The van der Waals surface area contributed by atoms with E-state index in [2.05, 4.69) is 13.8 Å². The molecule has 1 saturated carbocycles. The van der Waals surface area contributed by atoms with Gasteiger partial charge in [0, 0.05) is 5.56 Å². The lowest BCUT2D eigenvalue weighted by Gasteiger charge is -2.28. The molecule has 0 saturated heterocycles. The van der Waals surface area contributed by atoms with Crippen LogP contribution in [0.15, 0.2) is 24.3 Å². The van der Waals surface area contributed by atoms with Gasteiger partial charge < -0.3 is 5.11 Å². The monoisotopic (exact) mass is 236 g/mol. The van der Waals surface area contributed by atoms with Crippen LogP contribution in [-0.2, 0) is 5.60 Å². The summed E-state index contributed by atoms with van der Waals surface area (Å²) in [7, 11) is 0. The molecule has 2 rings (SSSR count). The van der Waals surface area contributed by atoms with E-state index >= 15 is 0 Å². The van der Waals surface area contributed by atoms with E-state index in [1.54, 1.807) is 18.2 Å². The Morgan fingerprint density at radius 2 is 1.76 bits per heavy atom. The summed E-state index contributed by atoms with van der Waals surface area (Å²) in [6.45, 7) is 4.44. The van der Waals surface area contributed by atoms with Crippen molar-refractivity contribution in [2.45, 2.75) is 51.6 Å². The molecule has 1 N–H and O–H groups in total. The second-order valence-corrected chi connectivity index (χ2v) is 6.03. The molecule has 17 heavy (non-hydrogen) atoms. The number of hydrogen-bond donors (Lipinski definition) is 1. The Morgan fingerprint density at radius 1 is 1.06 bits per heavy atom. The first-order chi connectivity index (χ1) is 7.93. The summed E-state index contributed by atoms with van der Waals surface area (Å²) in [6.07, 6.45) is 4.32. The van der Waals surface area contributed by atoms with Crippen molar-refractivity contribution in [1.29, 1.82) is 0 Å². The van der Waals surface area contributed by atoms with Crippen LogP contribution in [0.5, 0.6) is 0 Å². The highest BCUT2D eigenvalue weighted by Gasteiger charge is 2.36. The zero-order chi connectivity index (χ0) is 12.5. The van der Waals surface area contributed by atoms with Gasteiger partial charge in [-0.2, -0.15) is 0 Å². The van der Waals surface area contributed by atoms with Gasteiger partial charge in [0.15, 0.2) is 0 Å². The average Bonchev–Trinajstić information content (AvgIpc) is 2.40. The highest BCUT2D eigenvalue weighted by atomic mass is 19.1. The molecule has 0 heterocycles. The molecule has 1 unspecified atom stereocenters. The molecule has 0 aromatic heterocycles. The van der Waals surface area contributed by atoms with Gasteiger partial charge in [0.05, 0.1) is 5.60 Å². The highest BCUT2D eigenvalue weighted by molar-refractivity contribution is 5.24. The van der Waals surface area contributed by atoms with Crippen LogP contribution in [0.2, 0.25) is 0 Å². The van der Waals surface area contributed by atoms with Crippen molar-refractivity contribution in [1.82, 2.24) is 0 Å². The number of aliphatic hydroxyl groups is 1. The predicted octanol–water partition coefficient (Wildman–Crippen LogP) is 4.00. The molecule has 1 fully saturated rings. The van der Waals surface area contributed by atoms with E-state index in [1.807, 2.05) is 0 Å². The molecular formula is C15H21FO. The maximum absolute atomic E-state index is 13.8. The summed E-state index contributed by atoms with van der Waals surface area (Å²) in [5, 5.41) is 10.7. The van der Waals surface area contributed by atoms with Gasteiger partial charge in [0.1, 0.15) is 5.82 Å². The molecule has 0 bridgehead atoms. The zero-order valence-electron chi connectivity index (χ0n) is 10.7. The van der Waals surface area contributed by atoms with Crippen LogP contribution >= 0.6 is 0 Å². The van der Waals surface area contributed by atoms with Crippen LogP contribution in [0.1, 0.15) is 51.5 Å². The largest absolute Gasteiger partial charge is 0.385 e. The summed E-state index contributed by atoms with van der Waals surface area (Å²) in [4.78, 5) is 0. The molecule has 94 valence electrons. The molecule has 0 amide bonds. The summed E-state index contributed by atoms with van der Waals surface area (Å²) >= 11 is 0. The molecule has 0 aliphatic heterocycles. The third-order valence-electron chi connectivity index (χ3n) is 4.03. The maximum atomic E-state index is 13.8. The van der Waals surface area contributed by atoms with E-state index in [4.69, 9.17) is 0 Å². The van der Waals surface area contributed by atoms with E-state index < -0.39 is 5.60 Å². The smallest absolute Gasteiger partial charge is 0.129 e. The Balaban J connectivity index is 2.28. The van der Waals surface area contributed by atoms with Gasteiger partial charge in [-0.25, -0.2) is 4.39 Å². The fourth-order valence-corrected chi connectivity index (χ4v) is 2.76. The third kappa shape index (κ3) is 2.68. The zero-order valence-corrected chi connectivity index (χ0v) is 10.7. The van der Waals surface area contributed by atoms with Crippen molar-refractivity contribution in [3.63, 3.8) is 0 Å². The summed E-state index contributed by atoms with van der Waals surface area (Å²) in [5.74, 6) is -0.283. The maximum Gasteiger partial charge on any atom is 0.129 e. The average molecular weight is 236 g/mol. The first kappa shape index (κ1) is 12.6. The molecule has 1 nitrogen and oxygen atoms in total. The molecule has 0 spiro atoms. The van der Waals surface area contributed by atoms with Crippen LogP contribution in [0.25, 0.3) is 0 Å². The highest BCUT2D eigenvalue weighted by Crippen LogP contribution is 2.43. The molecule has 1 aromatic carbocycles. The van der Waals surface area contributed by atoms with Crippen molar-refractivity contribution < 1.29 is 9.50 Å². The Labute approximate surface area is 103 Å². The van der Waals surface area contributed by atoms with Crippen molar-refractivity contribution in [2.75, 3.05) is 0 Å². The lowest BCUT2D eigenvalue weighted by Crippen LogP contribution is -2.26. The van der Waals surface area contributed by atoms with Gasteiger partial charge >= 0.3 is 0 Å². The standard InChI is InChI=1S/C15H21FO/c1-14(2)8-5-9-15(17,11-10-14)12-6-3-4-7-13(12)16/h3-4,6-7,17H,5,8-11H2,1-2H3. The van der Waals surface area contributed by atoms with Crippen molar-refractivity contribution >= 4 is 0 Å². The quantitative estimate of drug-likeness (QED) is 0.731. The lowest BCUT2D eigenvalue weighted by atomic mass is 9.82. The molecular weight excluding hydrogens is 215 g/mol. The summed E-state index contributed by atoms with van der Waals surface area (Å²) in [5.41, 5.74) is -0.243. The first-order valence-corrected chi connectivity index (χ1v) is 6.40. The number of halogens is 1. The molecule has 1 aromatic rings. The van der Waals surface area contributed by atoms with E-state index in [-0.39, 0.29) is 11.2 Å². The fraction of sp³-hybridized carbons (Fsp3) is 0.600. The minimum absolute atomic E-state index is 0.260. The molecule has 0 radical (unpaired) electrons. The van der Waals surface area contributed by atoms with Crippen molar-refractivity contribution in [2.24, 2.45) is 5.41 Å². The normalized spacial score (nSPS) is 28.7. The van der Waals surface area contributed by atoms with Gasteiger partial charge in [0.25, 0.3) is 0 Å². The Hall–Kier alpha value is -0.890. The predicted molar refractivity (Wildman–Crippen MR) is 67.2 cm³/mol. The van der Waals surface area contributed by atoms with Gasteiger partial charge in [-0.1, -0.05) is 32.0 Å². The van der Waals surface area contributed by atoms with Crippen LogP contribution in [0.4, 0.5) is 4.39 Å². The second kappa shape index (κ2) is 4.41. The van der Waals surface area contributed by atoms with Crippen molar-refractivity contribution in [3.05, 3.63) is 35.6 Å². The topological polar surface area (TPSA) is 20.2 Å². The van der Waals surface area contributed by atoms with E-state index in [1.165, 1.54) is 6.07 Å². The summed E-state index contributed by atoms with van der Waals surface area (Å²) in [6, 6.07) is 6.62. The van der Waals surface area contributed by atoms with Crippen LogP contribution in [-0.4, -0.2) is 5.11 Å². The Kier molecular flexibility index (Phi) is 3.26. The fourth-order valence-electron chi connectivity index (χ4n) is 2.76. The van der Waals surface area contributed by atoms with E-state index in [0.29, 0.717) is 18.4 Å². The summed E-state index contributed by atoms with van der Waals surface area (Å²) < 4.78 is 13.8. The second-order valence-electron chi connectivity index (χ2n) is 6.03. The molecule has 1 aliphatic carbocycles. The van der Waals surface area contributed by atoms with Gasteiger partial charge in [-0.05, 0) is 43.6 Å². The molecule has 1 aliphatic rings. The van der Waals surface area contributed by atoms with Crippen LogP contribution in [0, 0.1) is 11.2 Å². The van der Waals surface area contributed by atoms with Gasteiger partial charge in [0.2, 0.25) is 0 Å². The lowest BCUT2D eigenvalue weighted by molar-refractivity contribution is 0.0147. The Bertz CT molecular complexity index is 400. The first-order valence-electron chi connectivity index (χ1n) is 6.40. The SMILES string of the molecule is CC1(C)CCCC(O)(c2ccccc2F)CC1. The molecule has 1 atom stereocenters. The number of hydrogen-bond acceptors (Lipinski definition) is 1. The molecule has 2 heteroatoms. The minimum Gasteiger partial charge on any atom is -0.385 e. The van der Waals surface area contributed by atoms with Crippen molar-refractivity contribution in [3.8, 4) is 0 Å². The third-order valence-corrected chi connectivity index (χ3v) is 4.03. The van der Waals surface area contributed by atoms with E-state index in [0.717, 1.165) is 19.3 Å². The van der Waals surface area contributed by atoms with Gasteiger partial charge in [-0.15, -0.1) is 0 Å². The number of benzene rings is 1. The van der Waals surface area contributed by atoms with Crippen LogP contribution in [0.3, 0.4) is 0 Å². The minimum atomic E-state index is -0.973.